The summed E-state index contributed by atoms with van der Waals surface area (Å²) in [7, 11) is 0. The van der Waals surface area contributed by atoms with Crippen LogP contribution in [-0.4, -0.2) is 29.9 Å². The summed E-state index contributed by atoms with van der Waals surface area (Å²) in [6.07, 6.45) is 2.50. The zero-order valence-electron chi connectivity index (χ0n) is 18.2. The van der Waals surface area contributed by atoms with Gasteiger partial charge >= 0.3 is 0 Å². The van der Waals surface area contributed by atoms with Gasteiger partial charge in [0.25, 0.3) is 0 Å². The molecule has 1 aromatic heterocycles. The van der Waals surface area contributed by atoms with Gasteiger partial charge in [-0.2, -0.15) is 0 Å². The van der Waals surface area contributed by atoms with Crippen molar-refractivity contribution in [1.29, 1.82) is 0 Å². The maximum absolute atomic E-state index is 12.5. The van der Waals surface area contributed by atoms with Gasteiger partial charge < -0.3 is 15.6 Å². The molecule has 0 aliphatic heterocycles. The average Bonchev–Trinajstić information content (AvgIpc) is 3.25. The Morgan fingerprint density at radius 2 is 1.55 bits per heavy atom. The van der Waals surface area contributed by atoms with Crippen LogP contribution in [0.15, 0.2) is 85.1 Å². The highest BCUT2D eigenvalue weighted by Crippen LogP contribution is 2.34. The molecule has 0 saturated heterocycles. The Balaban J connectivity index is 1.37. The van der Waals surface area contributed by atoms with Crippen molar-refractivity contribution < 1.29 is 9.59 Å². The summed E-state index contributed by atoms with van der Waals surface area (Å²) in [6, 6.07) is 25.3. The second-order valence-corrected chi connectivity index (χ2v) is 8.34. The Hall–Kier alpha value is -3.57. The molecular weight excluding hydrogens is 434 g/mol. The molecule has 2 amide bonds. The molecule has 6 heteroatoms. The number of rotatable bonds is 9. The summed E-state index contributed by atoms with van der Waals surface area (Å²) in [4.78, 5) is 27.9. The molecular formula is C27H26ClN3O2. The van der Waals surface area contributed by atoms with Crippen LogP contribution in [0.5, 0.6) is 0 Å². The van der Waals surface area contributed by atoms with Crippen LogP contribution in [0.2, 0.25) is 5.02 Å². The molecule has 0 aliphatic carbocycles. The fourth-order valence-electron chi connectivity index (χ4n) is 3.99. The monoisotopic (exact) mass is 459 g/mol. The molecule has 4 aromatic rings. The first-order valence-electron chi connectivity index (χ1n) is 11.0. The van der Waals surface area contributed by atoms with E-state index in [9.17, 15) is 9.59 Å². The number of carbonyl (C=O) groups excluding carboxylic acids is 2. The van der Waals surface area contributed by atoms with Crippen molar-refractivity contribution in [2.45, 2.75) is 18.8 Å². The van der Waals surface area contributed by atoms with E-state index in [4.69, 9.17) is 11.6 Å². The van der Waals surface area contributed by atoms with Crippen LogP contribution < -0.4 is 10.6 Å². The molecule has 0 bridgehead atoms. The van der Waals surface area contributed by atoms with E-state index in [0.29, 0.717) is 24.5 Å². The van der Waals surface area contributed by atoms with E-state index in [1.165, 1.54) is 0 Å². The second-order valence-electron chi connectivity index (χ2n) is 7.93. The van der Waals surface area contributed by atoms with E-state index in [-0.39, 0.29) is 24.2 Å². The fourth-order valence-corrected chi connectivity index (χ4v) is 4.26. The van der Waals surface area contributed by atoms with Crippen molar-refractivity contribution in [2.75, 3.05) is 13.1 Å². The standard InChI is InChI=1S/C27H26ClN3O2/c28-24-12-6-4-10-20(24)22(23-17-30-25-13-7-5-11-21(23)25)18-31-26(32)14-15-29-27(33)16-19-8-2-1-3-9-19/h1-13,17,22,30H,14-16,18H2,(H,29,33)(H,31,32)/t22-/m0/s1. The lowest BCUT2D eigenvalue weighted by Gasteiger charge is -2.19. The summed E-state index contributed by atoms with van der Waals surface area (Å²) in [6.45, 7) is 0.698. The molecule has 5 nitrogen and oxygen atoms in total. The number of benzene rings is 3. The quantitative estimate of drug-likeness (QED) is 0.336. The summed E-state index contributed by atoms with van der Waals surface area (Å²) >= 11 is 6.52. The molecule has 168 valence electrons. The predicted molar refractivity (Wildman–Crippen MR) is 132 cm³/mol. The first-order chi connectivity index (χ1) is 16.1. The zero-order valence-corrected chi connectivity index (χ0v) is 18.9. The SMILES string of the molecule is O=C(CCNC(=O)Cc1ccccc1)NC[C@@H](c1ccccc1Cl)c1c[nH]c2ccccc12. The smallest absolute Gasteiger partial charge is 0.224 e. The van der Waals surface area contributed by atoms with Gasteiger partial charge in [0, 0.05) is 47.6 Å². The fraction of sp³-hybridized carbons (Fsp3) is 0.185. The third kappa shape index (κ3) is 5.82. The minimum atomic E-state index is -0.119. The van der Waals surface area contributed by atoms with E-state index in [2.05, 4.69) is 21.7 Å². The van der Waals surface area contributed by atoms with Gasteiger partial charge in [0.1, 0.15) is 0 Å². The zero-order chi connectivity index (χ0) is 23.0. The number of nitrogens with one attached hydrogen (secondary N) is 3. The van der Waals surface area contributed by atoms with Gasteiger partial charge in [0.2, 0.25) is 11.8 Å². The number of amides is 2. The number of hydrogen-bond donors (Lipinski definition) is 3. The maximum atomic E-state index is 12.5. The first-order valence-corrected chi connectivity index (χ1v) is 11.4. The normalized spacial score (nSPS) is 11.8. The molecule has 1 atom stereocenters. The lowest BCUT2D eigenvalue weighted by Crippen LogP contribution is -2.33. The van der Waals surface area contributed by atoms with Gasteiger partial charge in [-0.3, -0.25) is 9.59 Å². The minimum Gasteiger partial charge on any atom is -0.361 e. The van der Waals surface area contributed by atoms with Gasteiger partial charge in [0.15, 0.2) is 0 Å². The second kappa shape index (κ2) is 10.8. The molecule has 3 N–H and O–H groups in total. The van der Waals surface area contributed by atoms with Crippen molar-refractivity contribution in [3.63, 3.8) is 0 Å². The lowest BCUT2D eigenvalue weighted by atomic mass is 9.90. The predicted octanol–water partition coefficient (Wildman–Crippen LogP) is 4.82. The van der Waals surface area contributed by atoms with Crippen LogP contribution in [0, 0.1) is 0 Å². The number of aromatic amines is 1. The van der Waals surface area contributed by atoms with Crippen LogP contribution in [-0.2, 0) is 16.0 Å². The molecule has 3 aromatic carbocycles. The molecule has 33 heavy (non-hydrogen) atoms. The van der Waals surface area contributed by atoms with Crippen molar-refractivity contribution in [3.8, 4) is 0 Å². The highest BCUT2D eigenvalue weighted by Gasteiger charge is 2.21. The highest BCUT2D eigenvalue weighted by atomic mass is 35.5. The first kappa shape index (κ1) is 22.6. The largest absolute Gasteiger partial charge is 0.361 e. The summed E-state index contributed by atoms with van der Waals surface area (Å²) in [5.74, 6) is -0.319. The van der Waals surface area contributed by atoms with Crippen LogP contribution in [0.25, 0.3) is 10.9 Å². The molecule has 4 rings (SSSR count). The Kier molecular flexibility index (Phi) is 7.43. The number of fused-ring (bicyclic) bond motifs is 1. The molecule has 0 spiro atoms. The number of aromatic nitrogens is 1. The van der Waals surface area contributed by atoms with E-state index in [1.54, 1.807) is 0 Å². The Labute approximate surface area is 198 Å². The van der Waals surface area contributed by atoms with Crippen LogP contribution in [0.3, 0.4) is 0 Å². The Bertz CT molecular complexity index is 1240. The van der Waals surface area contributed by atoms with Crippen LogP contribution in [0.4, 0.5) is 0 Å². The average molecular weight is 460 g/mol. The lowest BCUT2D eigenvalue weighted by molar-refractivity contribution is -0.122. The Morgan fingerprint density at radius 3 is 2.36 bits per heavy atom. The third-order valence-corrected chi connectivity index (χ3v) is 6.01. The van der Waals surface area contributed by atoms with E-state index in [1.807, 2.05) is 79.0 Å². The van der Waals surface area contributed by atoms with E-state index >= 15 is 0 Å². The summed E-state index contributed by atoms with van der Waals surface area (Å²) < 4.78 is 0. The number of carbonyl (C=O) groups is 2. The van der Waals surface area contributed by atoms with Gasteiger partial charge in [0.05, 0.1) is 6.42 Å². The number of para-hydroxylation sites is 1. The molecule has 0 radical (unpaired) electrons. The molecule has 0 unspecified atom stereocenters. The van der Waals surface area contributed by atoms with Gasteiger partial charge in [-0.25, -0.2) is 0 Å². The van der Waals surface area contributed by atoms with Crippen molar-refractivity contribution in [1.82, 2.24) is 15.6 Å². The van der Waals surface area contributed by atoms with Gasteiger partial charge in [-0.05, 0) is 28.8 Å². The molecule has 0 saturated carbocycles. The number of H-pyrrole nitrogens is 1. The molecule has 0 aliphatic rings. The third-order valence-electron chi connectivity index (χ3n) is 5.66. The summed E-state index contributed by atoms with van der Waals surface area (Å²) in [5.41, 5.74) is 4.02. The molecule has 1 heterocycles. The number of halogens is 1. The van der Waals surface area contributed by atoms with E-state index in [0.717, 1.165) is 27.6 Å². The molecule has 0 fully saturated rings. The van der Waals surface area contributed by atoms with Crippen molar-refractivity contribution in [3.05, 3.63) is 107 Å². The van der Waals surface area contributed by atoms with Gasteiger partial charge in [-0.15, -0.1) is 0 Å². The van der Waals surface area contributed by atoms with Crippen LogP contribution in [0.1, 0.15) is 29.0 Å². The van der Waals surface area contributed by atoms with E-state index < -0.39 is 0 Å². The van der Waals surface area contributed by atoms with Crippen molar-refractivity contribution >= 4 is 34.3 Å². The highest BCUT2D eigenvalue weighted by molar-refractivity contribution is 6.31. The van der Waals surface area contributed by atoms with Crippen LogP contribution >= 0.6 is 11.6 Å². The Morgan fingerprint density at radius 1 is 0.818 bits per heavy atom. The summed E-state index contributed by atoms with van der Waals surface area (Å²) in [5, 5.41) is 7.60. The minimum absolute atomic E-state index is 0.0956. The topological polar surface area (TPSA) is 74.0 Å². The number of hydrogen-bond acceptors (Lipinski definition) is 2. The maximum Gasteiger partial charge on any atom is 0.224 e. The van der Waals surface area contributed by atoms with Crippen molar-refractivity contribution in [2.24, 2.45) is 0 Å². The van der Waals surface area contributed by atoms with Gasteiger partial charge in [-0.1, -0.05) is 78.3 Å².